The van der Waals surface area contributed by atoms with E-state index in [4.69, 9.17) is 5.11 Å². The number of rotatable bonds is 8. The fraction of sp³-hybridized carbons (Fsp3) is 0.500. The van der Waals surface area contributed by atoms with Crippen LogP contribution in [0.15, 0.2) is 29.4 Å². The highest BCUT2D eigenvalue weighted by Gasteiger charge is 2.07. The van der Waals surface area contributed by atoms with Crippen molar-refractivity contribution >= 4 is 11.8 Å². The standard InChI is InChI=1S/C14H21N5OS/c1-11(2)15-7-8-19-14(16-17-18-19)21-10-13-5-3-12(9-20)4-6-13/h3-6,11,15,20H,7-10H2,1-2H3. The lowest BCUT2D eigenvalue weighted by atomic mass is 10.2. The maximum absolute atomic E-state index is 9.03. The maximum Gasteiger partial charge on any atom is 0.209 e. The normalized spacial score (nSPS) is 11.2. The van der Waals surface area contributed by atoms with Gasteiger partial charge in [-0.2, -0.15) is 0 Å². The zero-order valence-electron chi connectivity index (χ0n) is 12.4. The van der Waals surface area contributed by atoms with E-state index in [9.17, 15) is 0 Å². The van der Waals surface area contributed by atoms with Crippen molar-refractivity contribution in [3.63, 3.8) is 0 Å². The fourth-order valence-electron chi connectivity index (χ4n) is 1.79. The van der Waals surface area contributed by atoms with E-state index in [-0.39, 0.29) is 6.61 Å². The largest absolute Gasteiger partial charge is 0.392 e. The van der Waals surface area contributed by atoms with Gasteiger partial charge >= 0.3 is 0 Å². The Labute approximate surface area is 128 Å². The van der Waals surface area contributed by atoms with Crippen molar-refractivity contribution in [2.75, 3.05) is 6.54 Å². The number of tetrazole rings is 1. The van der Waals surface area contributed by atoms with Gasteiger partial charge in [-0.1, -0.05) is 49.9 Å². The molecule has 0 fully saturated rings. The Hall–Kier alpha value is -1.44. The number of aliphatic hydroxyl groups is 1. The molecule has 0 aliphatic rings. The number of aromatic nitrogens is 4. The molecule has 0 amide bonds. The molecule has 0 saturated heterocycles. The Bertz CT molecular complexity index is 541. The van der Waals surface area contributed by atoms with Gasteiger partial charge in [-0.25, -0.2) is 4.68 Å². The highest BCUT2D eigenvalue weighted by atomic mass is 32.2. The Morgan fingerprint density at radius 1 is 1.24 bits per heavy atom. The predicted molar refractivity (Wildman–Crippen MR) is 82.9 cm³/mol. The van der Waals surface area contributed by atoms with E-state index in [1.807, 2.05) is 28.9 Å². The first-order chi connectivity index (χ1) is 10.2. The molecule has 0 aliphatic heterocycles. The maximum atomic E-state index is 9.03. The zero-order valence-corrected chi connectivity index (χ0v) is 13.2. The predicted octanol–water partition coefficient (Wildman–Crippen LogP) is 1.46. The summed E-state index contributed by atoms with van der Waals surface area (Å²) in [5.74, 6) is 0.809. The highest BCUT2D eigenvalue weighted by Crippen LogP contribution is 2.20. The third kappa shape index (κ3) is 5.11. The Balaban J connectivity index is 1.86. The minimum Gasteiger partial charge on any atom is -0.392 e. The Kier molecular flexibility index (Phi) is 6.16. The molecule has 2 aromatic rings. The second kappa shape index (κ2) is 8.11. The lowest BCUT2D eigenvalue weighted by molar-refractivity contribution is 0.282. The molecule has 0 saturated carbocycles. The second-order valence-corrected chi connectivity index (χ2v) is 6.00. The van der Waals surface area contributed by atoms with Crippen molar-refractivity contribution in [2.45, 2.75) is 44.0 Å². The summed E-state index contributed by atoms with van der Waals surface area (Å²) in [5.41, 5.74) is 2.11. The van der Waals surface area contributed by atoms with E-state index in [2.05, 4.69) is 34.7 Å². The number of hydrogen-bond donors (Lipinski definition) is 2. The third-order valence-electron chi connectivity index (χ3n) is 2.95. The van der Waals surface area contributed by atoms with E-state index in [0.29, 0.717) is 6.04 Å². The Morgan fingerprint density at radius 3 is 2.62 bits per heavy atom. The molecule has 1 aromatic carbocycles. The van der Waals surface area contributed by atoms with Gasteiger partial charge in [0.05, 0.1) is 13.2 Å². The van der Waals surface area contributed by atoms with Crippen LogP contribution in [0.2, 0.25) is 0 Å². The Morgan fingerprint density at radius 2 is 1.95 bits per heavy atom. The van der Waals surface area contributed by atoms with Gasteiger partial charge in [-0.05, 0) is 21.6 Å². The first-order valence-corrected chi connectivity index (χ1v) is 7.98. The second-order valence-electron chi connectivity index (χ2n) is 5.06. The molecule has 2 N–H and O–H groups in total. The van der Waals surface area contributed by atoms with E-state index in [0.717, 1.165) is 29.6 Å². The summed E-state index contributed by atoms with van der Waals surface area (Å²) >= 11 is 1.62. The molecule has 1 heterocycles. The number of nitrogens with one attached hydrogen (secondary N) is 1. The van der Waals surface area contributed by atoms with Gasteiger partial charge in [0.1, 0.15) is 0 Å². The minimum absolute atomic E-state index is 0.0779. The van der Waals surface area contributed by atoms with Crippen LogP contribution < -0.4 is 5.32 Å². The minimum atomic E-state index is 0.0779. The summed E-state index contributed by atoms with van der Waals surface area (Å²) in [7, 11) is 0. The van der Waals surface area contributed by atoms with Gasteiger partial charge in [0, 0.05) is 18.3 Å². The lowest BCUT2D eigenvalue weighted by Gasteiger charge is -2.08. The summed E-state index contributed by atoms with van der Waals surface area (Å²) in [5, 5.41) is 25.0. The van der Waals surface area contributed by atoms with Crippen LogP contribution in [-0.2, 0) is 18.9 Å². The molecule has 114 valence electrons. The molecular formula is C14H21N5OS. The quantitative estimate of drug-likeness (QED) is 0.719. The molecular weight excluding hydrogens is 286 g/mol. The highest BCUT2D eigenvalue weighted by molar-refractivity contribution is 7.98. The number of aliphatic hydroxyl groups excluding tert-OH is 1. The van der Waals surface area contributed by atoms with Gasteiger partial charge in [0.15, 0.2) is 0 Å². The third-order valence-corrected chi connectivity index (χ3v) is 3.98. The van der Waals surface area contributed by atoms with Crippen molar-refractivity contribution in [1.82, 2.24) is 25.5 Å². The molecule has 7 heteroatoms. The van der Waals surface area contributed by atoms with E-state index in [1.165, 1.54) is 5.56 Å². The molecule has 0 unspecified atom stereocenters. The number of thioether (sulfide) groups is 1. The molecule has 0 atom stereocenters. The van der Waals surface area contributed by atoms with Crippen LogP contribution in [-0.4, -0.2) is 37.9 Å². The van der Waals surface area contributed by atoms with Crippen LogP contribution >= 0.6 is 11.8 Å². The van der Waals surface area contributed by atoms with Crippen molar-refractivity contribution < 1.29 is 5.11 Å². The first-order valence-electron chi connectivity index (χ1n) is 7.00. The monoisotopic (exact) mass is 307 g/mol. The SMILES string of the molecule is CC(C)NCCn1nnnc1SCc1ccc(CO)cc1. The van der Waals surface area contributed by atoms with Crippen molar-refractivity contribution in [2.24, 2.45) is 0 Å². The van der Waals surface area contributed by atoms with E-state index >= 15 is 0 Å². The fourth-order valence-corrected chi connectivity index (χ4v) is 2.65. The summed E-state index contributed by atoms with van der Waals surface area (Å²) in [6.07, 6.45) is 0. The number of nitrogens with zero attached hydrogens (tertiary/aromatic N) is 4. The summed E-state index contributed by atoms with van der Waals surface area (Å²) in [4.78, 5) is 0. The summed E-state index contributed by atoms with van der Waals surface area (Å²) in [6.45, 7) is 5.92. The van der Waals surface area contributed by atoms with Gasteiger partial charge in [0.2, 0.25) is 5.16 Å². The van der Waals surface area contributed by atoms with Crippen LogP contribution in [0.1, 0.15) is 25.0 Å². The molecule has 2 rings (SSSR count). The summed E-state index contributed by atoms with van der Waals surface area (Å²) < 4.78 is 1.82. The van der Waals surface area contributed by atoms with Crippen LogP contribution in [0.25, 0.3) is 0 Å². The first kappa shape index (κ1) is 15.9. The average molecular weight is 307 g/mol. The lowest BCUT2D eigenvalue weighted by Crippen LogP contribution is -2.27. The average Bonchev–Trinajstić information content (AvgIpc) is 2.93. The zero-order chi connectivity index (χ0) is 15.1. The molecule has 0 spiro atoms. The number of hydrogen-bond acceptors (Lipinski definition) is 6. The van der Waals surface area contributed by atoms with Crippen molar-refractivity contribution in [1.29, 1.82) is 0 Å². The molecule has 0 radical (unpaired) electrons. The van der Waals surface area contributed by atoms with E-state index < -0.39 is 0 Å². The van der Waals surface area contributed by atoms with Gasteiger partial charge in [-0.15, -0.1) is 5.10 Å². The van der Waals surface area contributed by atoms with Crippen LogP contribution in [0.3, 0.4) is 0 Å². The molecule has 6 nitrogen and oxygen atoms in total. The van der Waals surface area contributed by atoms with Crippen molar-refractivity contribution in [3.8, 4) is 0 Å². The van der Waals surface area contributed by atoms with Crippen LogP contribution in [0, 0.1) is 0 Å². The molecule has 21 heavy (non-hydrogen) atoms. The molecule has 0 aliphatic carbocycles. The molecule has 0 bridgehead atoms. The number of benzene rings is 1. The van der Waals surface area contributed by atoms with Gasteiger partial charge in [0.25, 0.3) is 0 Å². The topological polar surface area (TPSA) is 75.9 Å². The smallest absolute Gasteiger partial charge is 0.209 e. The van der Waals surface area contributed by atoms with Gasteiger partial charge in [-0.3, -0.25) is 0 Å². The van der Waals surface area contributed by atoms with Crippen molar-refractivity contribution in [3.05, 3.63) is 35.4 Å². The molecule has 1 aromatic heterocycles. The van der Waals surface area contributed by atoms with Crippen LogP contribution in [0.4, 0.5) is 0 Å². The van der Waals surface area contributed by atoms with Crippen LogP contribution in [0.5, 0.6) is 0 Å². The summed E-state index contributed by atoms with van der Waals surface area (Å²) in [6, 6.07) is 8.37. The van der Waals surface area contributed by atoms with Gasteiger partial charge < -0.3 is 10.4 Å². The van der Waals surface area contributed by atoms with E-state index in [1.54, 1.807) is 11.8 Å².